The molecule has 11 heteroatoms. The summed E-state index contributed by atoms with van der Waals surface area (Å²) >= 11 is 0. The third-order valence-electron chi connectivity index (χ3n) is 4.02. The molecule has 0 aromatic carbocycles. The van der Waals surface area contributed by atoms with Gasteiger partial charge in [0.1, 0.15) is 36.1 Å². The number of aromatic nitrogens is 3. The fourth-order valence-electron chi connectivity index (χ4n) is 2.83. The molecule has 0 bridgehead atoms. The highest BCUT2D eigenvalue weighted by Gasteiger charge is 2.44. The molecule has 0 amide bonds. The van der Waals surface area contributed by atoms with Gasteiger partial charge < -0.3 is 40.9 Å². The fraction of sp³-hybridized carbons (Fsp3) is 0.462. The molecule has 4 atom stereocenters. The Morgan fingerprint density at radius 1 is 1.42 bits per heavy atom. The van der Waals surface area contributed by atoms with E-state index in [0.717, 1.165) is 0 Å². The monoisotopic (exact) mass is 338 g/mol. The molecule has 130 valence electrons. The Labute approximate surface area is 136 Å². The van der Waals surface area contributed by atoms with E-state index < -0.39 is 31.1 Å². The number of hydrogen-bond donors (Lipinski definition) is 6. The molecule has 3 heterocycles. The molecule has 0 saturated carbocycles. The predicted molar refractivity (Wildman–Crippen MR) is 82.6 cm³/mol. The smallest absolute Gasteiger partial charge is 0.172 e. The van der Waals surface area contributed by atoms with Crippen molar-refractivity contribution in [3.63, 3.8) is 0 Å². The van der Waals surface area contributed by atoms with Crippen LogP contribution in [0.1, 0.15) is 11.8 Å². The lowest BCUT2D eigenvalue weighted by atomic mass is 10.1. The van der Waals surface area contributed by atoms with E-state index in [9.17, 15) is 15.3 Å². The van der Waals surface area contributed by atoms with Gasteiger partial charge in [0.15, 0.2) is 12.1 Å². The summed E-state index contributed by atoms with van der Waals surface area (Å²) in [5.74, 6) is 0.267. The summed E-state index contributed by atoms with van der Waals surface area (Å²) in [7, 11) is 1.65. The van der Waals surface area contributed by atoms with Crippen LogP contribution in [0.5, 0.6) is 0 Å². The Morgan fingerprint density at radius 3 is 2.75 bits per heavy atom. The second-order valence-corrected chi connectivity index (χ2v) is 5.34. The molecule has 0 unspecified atom stereocenters. The maximum atomic E-state index is 10.2. The first-order chi connectivity index (χ1) is 11.5. The Morgan fingerprint density at radius 2 is 2.17 bits per heavy atom. The molecule has 11 nitrogen and oxygen atoms in total. The summed E-state index contributed by atoms with van der Waals surface area (Å²) in [6, 6.07) is 0. The SMILES string of the molecule is CNc1ncnc2c1c(/C(N)=N\O)cn2[C@@H]1O[C@H](CO)[C@@H](O)[C@H]1O. The maximum absolute atomic E-state index is 10.2. The second kappa shape index (κ2) is 6.20. The summed E-state index contributed by atoms with van der Waals surface area (Å²) in [6.07, 6.45) is -1.68. The van der Waals surface area contributed by atoms with Gasteiger partial charge in [0.2, 0.25) is 0 Å². The minimum absolute atomic E-state index is 0.170. The van der Waals surface area contributed by atoms with Gasteiger partial charge in [-0.1, -0.05) is 5.16 Å². The third kappa shape index (κ3) is 2.34. The minimum atomic E-state index is -1.29. The molecule has 3 rings (SSSR count). The Kier molecular flexibility index (Phi) is 4.24. The van der Waals surface area contributed by atoms with Gasteiger partial charge in [0, 0.05) is 13.2 Å². The standard InChI is InChI=1S/C13H18N6O5/c1-15-11-7-5(10(14)18-23)2-19(12(7)17-4-16-11)13-9(22)8(21)6(3-20)24-13/h2,4,6,8-9,13,20-23H,3H2,1H3,(H2,14,18)(H,15,16,17)/t6-,8-,9-,13-/m1/s1. The quantitative estimate of drug-likeness (QED) is 0.162. The predicted octanol–water partition coefficient (Wildman–Crippen LogP) is -1.82. The van der Waals surface area contributed by atoms with Crippen molar-refractivity contribution < 1.29 is 25.3 Å². The first-order valence-electron chi connectivity index (χ1n) is 7.17. The van der Waals surface area contributed by atoms with Gasteiger partial charge in [-0.2, -0.15) is 0 Å². The molecule has 1 aliphatic rings. The lowest BCUT2D eigenvalue weighted by Gasteiger charge is -2.17. The zero-order chi connectivity index (χ0) is 17.4. The van der Waals surface area contributed by atoms with E-state index in [0.29, 0.717) is 22.4 Å². The van der Waals surface area contributed by atoms with Crippen molar-refractivity contribution in [2.24, 2.45) is 10.9 Å². The molecule has 24 heavy (non-hydrogen) atoms. The van der Waals surface area contributed by atoms with Crippen LogP contribution in [0.15, 0.2) is 17.7 Å². The van der Waals surface area contributed by atoms with Crippen molar-refractivity contribution >= 4 is 22.7 Å². The Bertz CT molecular complexity index is 778. The van der Waals surface area contributed by atoms with Gasteiger partial charge >= 0.3 is 0 Å². The van der Waals surface area contributed by atoms with E-state index >= 15 is 0 Å². The van der Waals surface area contributed by atoms with Gasteiger partial charge in [-0.3, -0.25) is 0 Å². The average Bonchev–Trinajstić information content (AvgIpc) is 3.12. The number of nitrogens with two attached hydrogens (primary N) is 1. The van der Waals surface area contributed by atoms with Crippen LogP contribution in [-0.4, -0.2) is 72.9 Å². The van der Waals surface area contributed by atoms with Crippen molar-refractivity contribution in [3.05, 3.63) is 18.1 Å². The van der Waals surface area contributed by atoms with Crippen molar-refractivity contribution in [3.8, 4) is 0 Å². The highest BCUT2D eigenvalue weighted by Crippen LogP contribution is 2.34. The van der Waals surface area contributed by atoms with Crippen LogP contribution in [0.2, 0.25) is 0 Å². The number of fused-ring (bicyclic) bond motifs is 1. The number of aliphatic hydroxyl groups excluding tert-OH is 3. The molecule has 2 aromatic heterocycles. The number of hydrogen-bond acceptors (Lipinski definition) is 9. The molecule has 0 spiro atoms. The van der Waals surface area contributed by atoms with Crippen LogP contribution < -0.4 is 11.1 Å². The average molecular weight is 338 g/mol. The highest BCUT2D eigenvalue weighted by atomic mass is 16.6. The first-order valence-corrected chi connectivity index (χ1v) is 7.17. The summed E-state index contributed by atoms with van der Waals surface area (Å²) in [5.41, 5.74) is 6.40. The summed E-state index contributed by atoms with van der Waals surface area (Å²) in [6.45, 7) is -0.447. The van der Waals surface area contributed by atoms with Crippen molar-refractivity contribution in [2.45, 2.75) is 24.5 Å². The van der Waals surface area contributed by atoms with Crippen LogP contribution in [0.4, 0.5) is 5.82 Å². The summed E-state index contributed by atoms with van der Waals surface area (Å²) in [4.78, 5) is 8.25. The van der Waals surface area contributed by atoms with Gasteiger partial charge in [0.05, 0.1) is 17.6 Å². The topological polar surface area (TPSA) is 171 Å². The molecular formula is C13H18N6O5. The van der Waals surface area contributed by atoms with Crippen LogP contribution in [0.3, 0.4) is 0 Å². The van der Waals surface area contributed by atoms with E-state index in [1.165, 1.54) is 17.1 Å². The van der Waals surface area contributed by atoms with Gasteiger partial charge in [0.25, 0.3) is 0 Å². The van der Waals surface area contributed by atoms with E-state index in [1.54, 1.807) is 7.05 Å². The zero-order valence-corrected chi connectivity index (χ0v) is 12.7. The number of aliphatic hydroxyl groups is 3. The van der Waals surface area contributed by atoms with Gasteiger partial charge in [-0.05, 0) is 0 Å². The molecular weight excluding hydrogens is 320 g/mol. The summed E-state index contributed by atoms with van der Waals surface area (Å²) < 4.78 is 6.97. The minimum Gasteiger partial charge on any atom is -0.409 e. The number of anilines is 1. The largest absolute Gasteiger partial charge is 0.409 e. The number of amidine groups is 1. The van der Waals surface area contributed by atoms with Crippen molar-refractivity contribution in [2.75, 3.05) is 19.0 Å². The molecule has 0 aliphatic carbocycles. The number of nitrogens with one attached hydrogen (secondary N) is 1. The normalized spacial score (nSPS) is 27.8. The summed E-state index contributed by atoms with van der Waals surface area (Å²) in [5, 5.41) is 44.7. The molecule has 1 saturated heterocycles. The lowest BCUT2D eigenvalue weighted by Crippen LogP contribution is -2.33. The Balaban J connectivity index is 2.20. The van der Waals surface area contributed by atoms with E-state index in [2.05, 4.69) is 20.4 Å². The number of ether oxygens (including phenoxy) is 1. The fourth-order valence-corrected chi connectivity index (χ4v) is 2.83. The third-order valence-corrected chi connectivity index (χ3v) is 4.02. The van der Waals surface area contributed by atoms with Gasteiger partial charge in [-0.15, -0.1) is 0 Å². The van der Waals surface area contributed by atoms with E-state index in [1.807, 2.05) is 0 Å². The Hall–Kier alpha value is -2.47. The van der Waals surface area contributed by atoms with Crippen LogP contribution in [0, 0.1) is 0 Å². The van der Waals surface area contributed by atoms with Gasteiger partial charge in [-0.25, -0.2) is 9.97 Å². The van der Waals surface area contributed by atoms with Crippen molar-refractivity contribution in [1.29, 1.82) is 0 Å². The number of oxime groups is 1. The molecule has 1 fully saturated rings. The molecule has 1 aliphatic heterocycles. The second-order valence-electron chi connectivity index (χ2n) is 5.34. The van der Waals surface area contributed by atoms with Crippen LogP contribution in [0.25, 0.3) is 11.0 Å². The molecule has 0 radical (unpaired) electrons. The molecule has 7 N–H and O–H groups in total. The number of nitrogens with zero attached hydrogens (tertiary/aromatic N) is 4. The first kappa shape index (κ1) is 16.4. The zero-order valence-electron chi connectivity index (χ0n) is 12.7. The number of rotatable bonds is 4. The van der Waals surface area contributed by atoms with Crippen molar-refractivity contribution in [1.82, 2.24) is 14.5 Å². The highest BCUT2D eigenvalue weighted by molar-refractivity contribution is 6.11. The van der Waals surface area contributed by atoms with E-state index in [4.69, 9.17) is 15.7 Å². The van der Waals surface area contributed by atoms with Crippen LogP contribution in [-0.2, 0) is 4.74 Å². The molecule has 2 aromatic rings. The van der Waals surface area contributed by atoms with E-state index in [-0.39, 0.29) is 5.84 Å². The van der Waals surface area contributed by atoms with Crippen LogP contribution >= 0.6 is 0 Å². The lowest BCUT2D eigenvalue weighted by molar-refractivity contribution is -0.0508. The maximum Gasteiger partial charge on any atom is 0.172 e.